The van der Waals surface area contributed by atoms with Gasteiger partial charge >= 0.3 is 0 Å². The largest absolute Gasteiger partial charge is 0.342 e. The lowest BCUT2D eigenvalue weighted by atomic mass is 9.96. The Kier molecular flexibility index (Phi) is 2.19. The quantitative estimate of drug-likeness (QED) is 0.713. The molecule has 1 aliphatic heterocycles. The molecule has 88 valence electrons. The van der Waals surface area contributed by atoms with Crippen LogP contribution in [0, 0.1) is 0 Å². The second-order valence-corrected chi connectivity index (χ2v) is 5.32. The van der Waals surface area contributed by atoms with Crippen LogP contribution in [0.15, 0.2) is 0 Å². The molecule has 0 aromatic heterocycles. The second kappa shape index (κ2) is 3.47. The zero-order valence-corrected chi connectivity index (χ0v) is 9.50. The molecule has 0 atom stereocenters. The molecule has 4 nitrogen and oxygen atoms in total. The Labute approximate surface area is 95.4 Å². The molecule has 3 rings (SSSR count). The SMILES string of the molecule is O=C1CCN(C2CC2)C(=O)C2(CCCC2)N1. The normalized spacial score (nSPS) is 29.4. The van der Waals surface area contributed by atoms with Crippen LogP contribution in [0.1, 0.15) is 44.9 Å². The van der Waals surface area contributed by atoms with Crippen molar-refractivity contribution >= 4 is 11.8 Å². The number of hydrogen-bond acceptors (Lipinski definition) is 2. The van der Waals surface area contributed by atoms with Gasteiger partial charge in [-0.15, -0.1) is 0 Å². The van der Waals surface area contributed by atoms with Crippen LogP contribution < -0.4 is 5.32 Å². The topological polar surface area (TPSA) is 49.4 Å². The van der Waals surface area contributed by atoms with Gasteiger partial charge in [0.25, 0.3) is 0 Å². The summed E-state index contributed by atoms with van der Waals surface area (Å²) in [6.45, 7) is 0.622. The highest BCUT2D eigenvalue weighted by Gasteiger charge is 2.49. The van der Waals surface area contributed by atoms with Crippen molar-refractivity contribution < 1.29 is 9.59 Å². The fourth-order valence-electron chi connectivity index (χ4n) is 3.03. The summed E-state index contributed by atoms with van der Waals surface area (Å²) < 4.78 is 0. The molecule has 0 radical (unpaired) electrons. The number of nitrogens with zero attached hydrogens (tertiary/aromatic N) is 1. The Morgan fingerprint density at radius 1 is 1.19 bits per heavy atom. The third-order valence-electron chi connectivity index (χ3n) is 4.07. The van der Waals surface area contributed by atoms with E-state index >= 15 is 0 Å². The molecule has 3 aliphatic rings. The minimum Gasteiger partial charge on any atom is -0.342 e. The summed E-state index contributed by atoms with van der Waals surface area (Å²) in [7, 11) is 0. The summed E-state index contributed by atoms with van der Waals surface area (Å²) in [5.74, 6) is 0.247. The molecule has 2 aliphatic carbocycles. The molecular formula is C12H18N2O2. The van der Waals surface area contributed by atoms with Gasteiger partial charge in [0.15, 0.2) is 0 Å². The zero-order chi connectivity index (χ0) is 11.2. The molecule has 2 amide bonds. The van der Waals surface area contributed by atoms with Crippen molar-refractivity contribution in [1.29, 1.82) is 0 Å². The number of carbonyl (C=O) groups excluding carboxylic acids is 2. The van der Waals surface area contributed by atoms with Crippen LogP contribution in [0.2, 0.25) is 0 Å². The van der Waals surface area contributed by atoms with Crippen LogP contribution in [-0.2, 0) is 9.59 Å². The fourth-order valence-corrected chi connectivity index (χ4v) is 3.03. The van der Waals surface area contributed by atoms with Crippen LogP contribution in [0.25, 0.3) is 0 Å². The molecule has 3 fully saturated rings. The standard InChI is InChI=1S/C12H18N2O2/c15-10-5-8-14(9-3-4-9)11(16)12(13-10)6-1-2-7-12/h9H,1-8H2,(H,13,15). The van der Waals surface area contributed by atoms with Crippen LogP contribution in [0.4, 0.5) is 0 Å². The molecule has 0 aromatic carbocycles. The average molecular weight is 222 g/mol. The van der Waals surface area contributed by atoms with Crippen molar-refractivity contribution in [3.63, 3.8) is 0 Å². The number of nitrogens with one attached hydrogen (secondary N) is 1. The highest BCUT2D eigenvalue weighted by molar-refractivity contribution is 5.94. The summed E-state index contributed by atoms with van der Waals surface area (Å²) in [4.78, 5) is 26.2. The summed E-state index contributed by atoms with van der Waals surface area (Å²) in [5.41, 5.74) is -0.532. The monoisotopic (exact) mass is 222 g/mol. The van der Waals surface area contributed by atoms with Gasteiger partial charge in [0.05, 0.1) is 0 Å². The summed E-state index contributed by atoms with van der Waals surface area (Å²) in [6, 6.07) is 0.428. The predicted molar refractivity (Wildman–Crippen MR) is 58.7 cm³/mol. The average Bonchev–Trinajstić information content (AvgIpc) is 2.99. The first-order valence-corrected chi connectivity index (χ1v) is 6.33. The Balaban J connectivity index is 1.89. The van der Waals surface area contributed by atoms with Crippen LogP contribution >= 0.6 is 0 Å². The summed E-state index contributed by atoms with van der Waals surface area (Å²) in [6.07, 6.45) is 6.51. The molecule has 0 aromatic rings. The van der Waals surface area contributed by atoms with Crippen molar-refractivity contribution in [2.75, 3.05) is 6.54 Å². The first-order valence-electron chi connectivity index (χ1n) is 6.33. The molecule has 1 saturated heterocycles. The Hall–Kier alpha value is -1.06. The lowest BCUT2D eigenvalue weighted by Gasteiger charge is -2.31. The smallest absolute Gasteiger partial charge is 0.248 e. The number of rotatable bonds is 1. The molecule has 2 saturated carbocycles. The van der Waals surface area contributed by atoms with E-state index in [9.17, 15) is 9.59 Å². The molecule has 1 heterocycles. The van der Waals surface area contributed by atoms with E-state index in [2.05, 4.69) is 5.32 Å². The van der Waals surface area contributed by atoms with Crippen molar-refractivity contribution in [1.82, 2.24) is 10.2 Å². The van der Waals surface area contributed by atoms with Gasteiger partial charge in [0.2, 0.25) is 11.8 Å². The third kappa shape index (κ3) is 1.51. The fraction of sp³-hybridized carbons (Fsp3) is 0.833. The third-order valence-corrected chi connectivity index (χ3v) is 4.07. The second-order valence-electron chi connectivity index (χ2n) is 5.32. The minimum absolute atomic E-state index is 0.0541. The minimum atomic E-state index is -0.532. The van der Waals surface area contributed by atoms with Crippen LogP contribution in [0.5, 0.6) is 0 Å². The molecule has 16 heavy (non-hydrogen) atoms. The Bertz CT molecular complexity index is 330. The van der Waals surface area contributed by atoms with Gasteiger partial charge in [-0.25, -0.2) is 0 Å². The molecule has 0 unspecified atom stereocenters. The first kappa shape index (κ1) is 10.1. The van der Waals surface area contributed by atoms with Crippen LogP contribution in [-0.4, -0.2) is 34.8 Å². The number of hydrogen-bond donors (Lipinski definition) is 1. The number of carbonyl (C=O) groups is 2. The maximum absolute atomic E-state index is 12.5. The van der Waals surface area contributed by atoms with E-state index in [0.717, 1.165) is 38.5 Å². The molecule has 1 spiro atoms. The zero-order valence-electron chi connectivity index (χ0n) is 9.50. The maximum atomic E-state index is 12.5. The molecule has 0 bridgehead atoms. The Morgan fingerprint density at radius 3 is 2.50 bits per heavy atom. The molecule has 1 N–H and O–H groups in total. The summed E-state index contributed by atoms with van der Waals surface area (Å²) >= 11 is 0. The van der Waals surface area contributed by atoms with Gasteiger partial charge in [0.1, 0.15) is 5.54 Å². The summed E-state index contributed by atoms with van der Waals surface area (Å²) in [5, 5.41) is 2.99. The maximum Gasteiger partial charge on any atom is 0.248 e. The Morgan fingerprint density at radius 2 is 1.88 bits per heavy atom. The van der Waals surface area contributed by atoms with E-state index < -0.39 is 5.54 Å². The van der Waals surface area contributed by atoms with Crippen LogP contribution in [0.3, 0.4) is 0 Å². The van der Waals surface area contributed by atoms with E-state index in [4.69, 9.17) is 0 Å². The van der Waals surface area contributed by atoms with Crippen molar-refractivity contribution in [3.05, 3.63) is 0 Å². The molecule has 4 heteroatoms. The van der Waals surface area contributed by atoms with E-state index in [1.54, 1.807) is 0 Å². The first-order chi connectivity index (χ1) is 7.71. The van der Waals surface area contributed by atoms with Gasteiger partial charge in [-0.05, 0) is 25.7 Å². The highest BCUT2D eigenvalue weighted by Crippen LogP contribution is 2.37. The predicted octanol–water partition coefficient (Wildman–Crippen LogP) is 0.810. The van der Waals surface area contributed by atoms with Gasteiger partial charge < -0.3 is 10.2 Å². The van der Waals surface area contributed by atoms with Gasteiger partial charge in [0, 0.05) is 19.0 Å². The lowest BCUT2D eigenvalue weighted by molar-refractivity contribution is -0.139. The highest BCUT2D eigenvalue weighted by atomic mass is 16.2. The van der Waals surface area contributed by atoms with Gasteiger partial charge in [-0.3, -0.25) is 9.59 Å². The van der Waals surface area contributed by atoms with Gasteiger partial charge in [-0.2, -0.15) is 0 Å². The lowest BCUT2D eigenvalue weighted by Crippen LogP contribution is -2.55. The van der Waals surface area contributed by atoms with E-state index in [-0.39, 0.29) is 11.8 Å². The van der Waals surface area contributed by atoms with E-state index in [0.29, 0.717) is 19.0 Å². The van der Waals surface area contributed by atoms with Crippen molar-refractivity contribution in [3.8, 4) is 0 Å². The van der Waals surface area contributed by atoms with Crippen molar-refractivity contribution in [2.24, 2.45) is 0 Å². The van der Waals surface area contributed by atoms with Gasteiger partial charge in [-0.1, -0.05) is 12.8 Å². The molecular weight excluding hydrogens is 204 g/mol. The van der Waals surface area contributed by atoms with E-state index in [1.165, 1.54) is 0 Å². The van der Waals surface area contributed by atoms with Crippen molar-refractivity contribution in [2.45, 2.75) is 56.5 Å². The number of amides is 2. The van der Waals surface area contributed by atoms with E-state index in [1.807, 2.05) is 4.90 Å².